The first kappa shape index (κ1) is 13.9. The Kier molecular flexibility index (Phi) is 3.27. The highest BCUT2D eigenvalue weighted by atomic mass is 35.5. The molecule has 0 saturated heterocycles. The van der Waals surface area contributed by atoms with Crippen LogP contribution < -0.4 is 5.32 Å². The molecular weight excluding hydrogens is 290 g/mol. The minimum Gasteiger partial charge on any atom is -0.377 e. The van der Waals surface area contributed by atoms with Gasteiger partial charge in [0.2, 0.25) is 0 Å². The number of aryl methyl sites for hydroxylation is 2. The van der Waals surface area contributed by atoms with Crippen LogP contribution in [-0.2, 0) is 0 Å². The van der Waals surface area contributed by atoms with E-state index in [1.807, 2.05) is 12.1 Å². The molecule has 0 unspecified atom stereocenters. The number of halogens is 1. The molecule has 2 heteroatoms. The summed E-state index contributed by atoms with van der Waals surface area (Å²) in [5, 5.41) is 4.66. The van der Waals surface area contributed by atoms with Crippen molar-refractivity contribution < 1.29 is 0 Å². The van der Waals surface area contributed by atoms with Gasteiger partial charge < -0.3 is 5.32 Å². The second-order valence-corrected chi connectivity index (χ2v) is 6.95. The fourth-order valence-electron chi connectivity index (χ4n) is 4.11. The Balaban J connectivity index is 1.86. The molecule has 4 rings (SSSR count). The predicted molar refractivity (Wildman–Crippen MR) is 93.7 cm³/mol. The molecular formula is C20H20ClN. The lowest BCUT2D eigenvalue weighted by Gasteiger charge is -2.39. The van der Waals surface area contributed by atoms with Gasteiger partial charge in [-0.15, -0.1) is 0 Å². The normalized spacial score (nSPS) is 25.5. The quantitative estimate of drug-likeness (QED) is 0.658. The van der Waals surface area contributed by atoms with Crippen LogP contribution in [0.15, 0.2) is 48.6 Å². The summed E-state index contributed by atoms with van der Waals surface area (Å²) >= 11 is 6.48. The largest absolute Gasteiger partial charge is 0.377 e. The molecule has 2 aliphatic rings. The van der Waals surface area contributed by atoms with Gasteiger partial charge in [0.25, 0.3) is 0 Å². The molecule has 3 atom stereocenters. The number of anilines is 1. The number of hydrogen-bond acceptors (Lipinski definition) is 1. The fourth-order valence-corrected chi connectivity index (χ4v) is 4.36. The molecule has 1 N–H and O–H groups in total. The summed E-state index contributed by atoms with van der Waals surface area (Å²) in [5.41, 5.74) is 6.62. The first-order chi connectivity index (χ1) is 10.6. The third-order valence-electron chi connectivity index (χ3n) is 5.05. The summed E-state index contributed by atoms with van der Waals surface area (Å²) in [6.07, 6.45) is 5.82. The van der Waals surface area contributed by atoms with Crippen LogP contribution in [0.2, 0.25) is 5.02 Å². The Morgan fingerprint density at radius 2 is 1.91 bits per heavy atom. The molecule has 0 aromatic heterocycles. The number of fused-ring (bicyclic) bond motifs is 3. The van der Waals surface area contributed by atoms with Crippen LogP contribution in [0.3, 0.4) is 0 Å². The minimum atomic E-state index is 0.280. The average Bonchev–Trinajstić information content (AvgIpc) is 2.97. The van der Waals surface area contributed by atoms with E-state index in [2.05, 4.69) is 55.6 Å². The van der Waals surface area contributed by atoms with Crippen molar-refractivity contribution >= 4 is 17.3 Å². The van der Waals surface area contributed by atoms with E-state index in [9.17, 15) is 0 Å². The molecule has 112 valence electrons. The highest BCUT2D eigenvalue weighted by Gasteiger charge is 2.39. The molecule has 0 spiro atoms. The number of rotatable bonds is 1. The Labute approximate surface area is 137 Å². The van der Waals surface area contributed by atoms with Gasteiger partial charge in [0.15, 0.2) is 0 Å². The van der Waals surface area contributed by atoms with E-state index < -0.39 is 0 Å². The maximum absolute atomic E-state index is 6.48. The van der Waals surface area contributed by atoms with E-state index in [0.717, 1.165) is 11.4 Å². The van der Waals surface area contributed by atoms with Crippen LogP contribution in [-0.4, -0.2) is 0 Å². The molecule has 2 aromatic carbocycles. The van der Waals surface area contributed by atoms with Crippen LogP contribution in [0, 0.1) is 19.8 Å². The number of nitrogens with one attached hydrogen (secondary N) is 1. The van der Waals surface area contributed by atoms with Gasteiger partial charge >= 0.3 is 0 Å². The third kappa shape index (κ3) is 2.07. The second kappa shape index (κ2) is 5.17. The summed E-state index contributed by atoms with van der Waals surface area (Å²) in [4.78, 5) is 0. The van der Waals surface area contributed by atoms with Crippen LogP contribution in [0.4, 0.5) is 5.69 Å². The molecule has 1 aliphatic heterocycles. The smallest absolute Gasteiger partial charge is 0.0568 e. The lowest BCUT2D eigenvalue weighted by molar-refractivity contribution is 0.425. The van der Waals surface area contributed by atoms with Gasteiger partial charge in [-0.2, -0.15) is 0 Å². The zero-order valence-corrected chi connectivity index (χ0v) is 13.7. The predicted octanol–water partition coefficient (Wildman–Crippen LogP) is 5.78. The topological polar surface area (TPSA) is 12.0 Å². The molecule has 1 nitrogen and oxygen atoms in total. The van der Waals surface area contributed by atoms with Crippen LogP contribution in [0.1, 0.15) is 40.6 Å². The van der Waals surface area contributed by atoms with E-state index in [-0.39, 0.29) is 6.04 Å². The van der Waals surface area contributed by atoms with Gasteiger partial charge in [-0.05, 0) is 48.9 Å². The first-order valence-corrected chi connectivity index (χ1v) is 8.31. The van der Waals surface area contributed by atoms with E-state index in [1.54, 1.807) is 0 Å². The highest BCUT2D eigenvalue weighted by Crippen LogP contribution is 2.51. The summed E-state index contributed by atoms with van der Waals surface area (Å²) in [6, 6.07) is 13.1. The second-order valence-electron chi connectivity index (χ2n) is 6.54. The zero-order chi connectivity index (χ0) is 15.3. The summed E-state index contributed by atoms with van der Waals surface area (Å²) in [5.74, 6) is 1.05. The van der Waals surface area contributed by atoms with Gasteiger partial charge in [-0.1, -0.05) is 59.6 Å². The van der Waals surface area contributed by atoms with Crippen LogP contribution in [0.5, 0.6) is 0 Å². The van der Waals surface area contributed by atoms with Crippen LogP contribution in [0.25, 0.3) is 0 Å². The molecule has 0 radical (unpaired) electrons. The Bertz CT molecular complexity index is 762. The lowest BCUT2D eigenvalue weighted by Crippen LogP contribution is -2.29. The molecule has 0 fully saturated rings. The number of hydrogen-bond donors (Lipinski definition) is 1. The fraction of sp³-hybridized carbons (Fsp3) is 0.300. The standard InChI is InChI=1S/C20H20ClN/c1-12-10-13(2)19-17(11-12)14-7-5-8-15(14)20(22-19)16-6-3-4-9-18(16)21/h3-7,9-11,14-15,20,22H,8H2,1-2H3/t14-,15-,20-/m1/s1. The molecule has 22 heavy (non-hydrogen) atoms. The van der Waals surface area contributed by atoms with Crippen molar-refractivity contribution in [3.63, 3.8) is 0 Å². The molecule has 2 aromatic rings. The Morgan fingerprint density at radius 3 is 2.73 bits per heavy atom. The van der Waals surface area contributed by atoms with Gasteiger partial charge in [-0.25, -0.2) is 0 Å². The average molecular weight is 310 g/mol. The van der Waals surface area contributed by atoms with Gasteiger partial charge in [-0.3, -0.25) is 0 Å². The number of benzene rings is 2. The summed E-state index contributed by atoms with van der Waals surface area (Å²) in [6.45, 7) is 4.38. The monoisotopic (exact) mass is 309 g/mol. The Morgan fingerprint density at radius 1 is 1.09 bits per heavy atom. The van der Waals surface area contributed by atoms with Crippen molar-refractivity contribution in [1.29, 1.82) is 0 Å². The van der Waals surface area contributed by atoms with Crippen molar-refractivity contribution in [2.45, 2.75) is 32.2 Å². The van der Waals surface area contributed by atoms with Gasteiger partial charge in [0.05, 0.1) is 6.04 Å². The van der Waals surface area contributed by atoms with Crippen molar-refractivity contribution in [3.8, 4) is 0 Å². The van der Waals surface area contributed by atoms with Crippen LogP contribution >= 0.6 is 11.6 Å². The molecule has 0 bridgehead atoms. The maximum atomic E-state index is 6.48. The summed E-state index contributed by atoms with van der Waals surface area (Å²) < 4.78 is 0. The third-order valence-corrected chi connectivity index (χ3v) is 5.39. The Hall–Kier alpha value is -1.73. The highest BCUT2D eigenvalue weighted by molar-refractivity contribution is 6.31. The van der Waals surface area contributed by atoms with Crippen molar-refractivity contribution in [3.05, 3.63) is 75.8 Å². The van der Waals surface area contributed by atoms with E-state index >= 15 is 0 Å². The molecule has 1 aliphatic carbocycles. The lowest BCUT2D eigenvalue weighted by atomic mass is 9.76. The van der Waals surface area contributed by atoms with Gasteiger partial charge in [0.1, 0.15) is 0 Å². The van der Waals surface area contributed by atoms with Crippen molar-refractivity contribution in [2.75, 3.05) is 5.32 Å². The maximum Gasteiger partial charge on any atom is 0.0568 e. The van der Waals surface area contributed by atoms with E-state index in [0.29, 0.717) is 11.8 Å². The van der Waals surface area contributed by atoms with E-state index in [1.165, 1.54) is 27.9 Å². The van der Waals surface area contributed by atoms with E-state index in [4.69, 9.17) is 11.6 Å². The number of allylic oxidation sites excluding steroid dienone is 2. The van der Waals surface area contributed by atoms with Crippen molar-refractivity contribution in [2.24, 2.45) is 5.92 Å². The van der Waals surface area contributed by atoms with Crippen molar-refractivity contribution in [1.82, 2.24) is 0 Å². The molecule has 0 saturated carbocycles. The molecule has 1 heterocycles. The summed E-state index contributed by atoms with van der Waals surface area (Å²) in [7, 11) is 0. The minimum absolute atomic E-state index is 0.280. The van der Waals surface area contributed by atoms with Gasteiger partial charge in [0, 0.05) is 16.6 Å². The first-order valence-electron chi connectivity index (χ1n) is 7.94. The molecule has 0 amide bonds. The zero-order valence-electron chi connectivity index (χ0n) is 12.9. The SMILES string of the molecule is Cc1cc(C)c2c(c1)[C@@H]1C=CC[C@H]1[C@H](c1ccccc1Cl)N2.